The molecule has 0 saturated carbocycles. The molecule has 0 radical (unpaired) electrons. The van der Waals surface area contributed by atoms with E-state index in [4.69, 9.17) is 0 Å². The van der Waals surface area contributed by atoms with E-state index in [0.717, 1.165) is 58.1 Å². The normalized spacial score (nSPS) is 15.8. The maximum atomic E-state index is 11.8. The van der Waals surface area contributed by atoms with Gasteiger partial charge in [0.1, 0.15) is 0 Å². The third kappa shape index (κ3) is 8.05. The van der Waals surface area contributed by atoms with Crippen LogP contribution < -0.4 is 10.6 Å². The van der Waals surface area contributed by atoms with Crippen LogP contribution in [0.25, 0.3) is 0 Å². The number of nitrogens with one attached hydrogen (secondary N) is 2. The Bertz CT molecular complexity index is 639. The average molecular weight is 402 g/mol. The van der Waals surface area contributed by atoms with Crippen LogP contribution in [0.3, 0.4) is 0 Å². The molecule has 6 heteroatoms. The van der Waals surface area contributed by atoms with Gasteiger partial charge in [-0.25, -0.2) is 0 Å². The van der Waals surface area contributed by atoms with Gasteiger partial charge in [0.2, 0.25) is 5.91 Å². The molecule has 162 valence electrons. The minimum atomic E-state index is 0.275. The standard InChI is InChI=1S/C23H39N5O/c1-5-27(6-2)15-7-9-19(3)26-23(24-4)25-17-20-11-13-21(14-12-20)18-28-16-8-10-22(28)29/h11-14,19H,5-10,15-18H2,1-4H3,(H2,24,25,26). The lowest BCUT2D eigenvalue weighted by Gasteiger charge is -2.21. The fourth-order valence-electron chi connectivity index (χ4n) is 3.70. The van der Waals surface area contributed by atoms with Crippen molar-refractivity contribution in [3.63, 3.8) is 0 Å². The highest BCUT2D eigenvalue weighted by molar-refractivity contribution is 5.80. The van der Waals surface area contributed by atoms with Crippen LogP contribution in [-0.4, -0.2) is 60.9 Å². The largest absolute Gasteiger partial charge is 0.354 e. The fraction of sp³-hybridized carbons (Fsp3) is 0.652. The summed E-state index contributed by atoms with van der Waals surface area (Å²) < 4.78 is 0. The van der Waals surface area contributed by atoms with Gasteiger partial charge < -0.3 is 20.4 Å². The zero-order valence-corrected chi connectivity index (χ0v) is 18.7. The Kier molecular flexibility index (Phi) is 9.98. The van der Waals surface area contributed by atoms with Gasteiger partial charge in [-0.3, -0.25) is 9.79 Å². The molecule has 1 fully saturated rings. The van der Waals surface area contributed by atoms with Gasteiger partial charge in [0.05, 0.1) is 0 Å². The zero-order valence-electron chi connectivity index (χ0n) is 18.7. The van der Waals surface area contributed by atoms with Gasteiger partial charge in [0.25, 0.3) is 0 Å². The fourth-order valence-corrected chi connectivity index (χ4v) is 3.70. The predicted molar refractivity (Wildman–Crippen MR) is 121 cm³/mol. The highest BCUT2D eigenvalue weighted by Crippen LogP contribution is 2.14. The molecule has 6 nitrogen and oxygen atoms in total. The number of carbonyl (C=O) groups excluding carboxylic acids is 1. The van der Waals surface area contributed by atoms with Crippen LogP contribution in [0.15, 0.2) is 29.3 Å². The molecule has 29 heavy (non-hydrogen) atoms. The smallest absolute Gasteiger partial charge is 0.222 e. The maximum absolute atomic E-state index is 11.8. The molecule has 0 spiro atoms. The first-order chi connectivity index (χ1) is 14.0. The molecule has 0 bridgehead atoms. The molecule has 1 unspecified atom stereocenters. The first-order valence-electron chi connectivity index (χ1n) is 11.1. The summed E-state index contributed by atoms with van der Waals surface area (Å²) in [6.45, 7) is 12.4. The molecular weight excluding hydrogens is 362 g/mol. The van der Waals surface area contributed by atoms with Crippen LogP contribution in [0.5, 0.6) is 0 Å². The van der Waals surface area contributed by atoms with E-state index in [-0.39, 0.29) is 5.91 Å². The molecule has 2 N–H and O–H groups in total. The van der Waals surface area contributed by atoms with Crippen molar-refractivity contribution in [3.8, 4) is 0 Å². The van der Waals surface area contributed by atoms with Gasteiger partial charge in [-0.2, -0.15) is 0 Å². The number of amides is 1. The van der Waals surface area contributed by atoms with Gasteiger partial charge in [-0.05, 0) is 56.9 Å². The van der Waals surface area contributed by atoms with Crippen molar-refractivity contribution in [2.45, 2.75) is 65.6 Å². The van der Waals surface area contributed by atoms with Crippen LogP contribution in [0.2, 0.25) is 0 Å². The van der Waals surface area contributed by atoms with Gasteiger partial charge in [-0.15, -0.1) is 0 Å². The van der Waals surface area contributed by atoms with E-state index < -0.39 is 0 Å². The summed E-state index contributed by atoms with van der Waals surface area (Å²) in [4.78, 5) is 20.5. The van der Waals surface area contributed by atoms with E-state index >= 15 is 0 Å². The molecule has 0 aliphatic carbocycles. The van der Waals surface area contributed by atoms with Crippen molar-refractivity contribution in [2.24, 2.45) is 4.99 Å². The minimum absolute atomic E-state index is 0.275. The summed E-state index contributed by atoms with van der Waals surface area (Å²) in [5, 5.41) is 6.89. The molecular formula is C23H39N5O. The van der Waals surface area contributed by atoms with E-state index in [0.29, 0.717) is 12.5 Å². The topological polar surface area (TPSA) is 60.0 Å². The monoisotopic (exact) mass is 401 g/mol. The third-order valence-corrected chi connectivity index (χ3v) is 5.64. The van der Waals surface area contributed by atoms with Crippen molar-refractivity contribution in [3.05, 3.63) is 35.4 Å². The lowest BCUT2D eigenvalue weighted by Crippen LogP contribution is -2.42. The Morgan fingerprint density at radius 1 is 1.21 bits per heavy atom. The van der Waals surface area contributed by atoms with Crippen LogP contribution in [0.1, 0.15) is 57.6 Å². The lowest BCUT2D eigenvalue weighted by molar-refractivity contribution is -0.128. The van der Waals surface area contributed by atoms with Crippen LogP contribution in [0.4, 0.5) is 0 Å². The molecule has 1 atom stereocenters. The van der Waals surface area contributed by atoms with E-state index in [1.807, 2.05) is 11.9 Å². The van der Waals surface area contributed by atoms with Crippen molar-refractivity contribution < 1.29 is 4.79 Å². The van der Waals surface area contributed by atoms with Gasteiger partial charge in [0.15, 0.2) is 5.96 Å². The van der Waals surface area contributed by atoms with E-state index in [9.17, 15) is 4.79 Å². The Hall–Kier alpha value is -2.08. The average Bonchev–Trinajstić information content (AvgIpc) is 3.14. The Labute approximate surface area is 176 Å². The maximum Gasteiger partial charge on any atom is 0.222 e. The Balaban J connectivity index is 1.72. The number of hydrogen-bond donors (Lipinski definition) is 2. The molecule has 1 aromatic rings. The highest BCUT2D eigenvalue weighted by Gasteiger charge is 2.19. The third-order valence-electron chi connectivity index (χ3n) is 5.64. The molecule has 1 saturated heterocycles. The van der Waals surface area contributed by atoms with Crippen molar-refractivity contribution in [1.29, 1.82) is 0 Å². The van der Waals surface area contributed by atoms with Crippen LogP contribution in [-0.2, 0) is 17.9 Å². The molecule has 2 rings (SSSR count). The van der Waals surface area contributed by atoms with Crippen molar-refractivity contribution in [1.82, 2.24) is 20.4 Å². The predicted octanol–water partition coefficient (Wildman–Crippen LogP) is 2.98. The summed E-state index contributed by atoms with van der Waals surface area (Å²) in [5.41, 5.74) is 2.40. The quantitative estimate of drug-likeness (QED) is 0.442. The van der Waals surface area contributed by atoms with Gasteiger partial charge in [-0.1, -0.05) is 38.1 Å². The number of hydrogen-bond acceptors (Lipinski definition) is 3. The second-order valence-corrected chi connectivity index (χ2v) is 7.88. The minimum Gasteiger partial charge on any atom is -0.354 e. The molecule has 1 amide bonds. The zero-order chi connectivity index (χ0) is 21.1. The summed E-state index contributed by atoms with van der Waals surface area (Å²) in [7, 11) is 1.81. The van der Waals surface area contributed by atoms with Crippen LogP contribution >= 0.6 is 0 Å². The number of benzene rings is 1. The number of likely N-dealkylation sites (tertiary alicyclic amines) is 1. The van der Waals surface area contributed by atoms with E-state index in [2.05, 4.69) is 65.6 Å². The molecule has 0 aromatic heterocycles. The van der Waals surface area contributed by atoms with Crippen molar-refractivity contribution >= 4 is 11.9 Å². The lowest BCUT2D eigenvalue weighted by atomic mass is 10.1. The summed E-state index contributed by atoms with van der Waals surface area (Å²) in [6.07, 6.45) is 4.00. The SMILES string of the molecule is CCN(CC)CCCC(C)NC(=NC)NCc1ccc(CN2CCCC2=O)cc1. The van der Waals surface area contributed by atoms with Crippen molar-refractivity contribution in [2.75, 3.05) is 33.2 Å². The second kappa shape index (κ2) is 12.5. The Morgan fingerprint density at radius 3 is 2.48 bits per heavy atom. The number of rotatable bonds is 11. The molecule has 1 aliphatic rings. The van der Waals surface area contributed by atoms with E-state index in [1.54, 1.807) is 0 Å². The highest BCUT2D eigenvalue weighted by atomic mass is 16.2. The number of guanidine groups is 1. The second-order valence-electron chi connectivity index (χ2n) is 7.88. The summed E-state index contributed by atoms with van der Waals surface area (Å²) >= 11 is 0. The van der Waals surface area contributed by atoms with Gasteiger partial charge >= 0.3 is 0 Å². The number of carbonyl (C=O) groups is 1. The van der Waals surface area contributed by atoms with Gasteiger partial charge in [0, 0.05) is 39.1 Å². The summed E-state index contributed by atoms with van der Waals surface area (Å²) in [5.74, 6) is 1.11. The summed E-state index contributed by atoms with van der Waals surface area (Å²) in [6, 6.07) is 8.88. The number of nitrogens with zero attached hydrogens (tertiary/aromatic N) is 3. The van der Waals surface area contributed by atoms with Crippen LogP contribution in [0, 0.1) is 0 Å². The molecule has 1 aliphatic heterocycles. The van der Waals surface area contributed by atoms with E-state index in [1.165, 1.54) is 17.5 Å². The number of aliphatic imine (C=N–C) groups is 1. The molecule has 1 heterocycles. The Morgan fingerprint density at radius 2 is 1.90 bits per heavy atom. The molecule has 1 aromatic carbocycles. The first-order valence-corrected chi connectivity index (χ1v) is 11.1. The first kappa shape index (κ1) is 23.2.